The van der Waals surface area contributed by atoms with Crippen LogP contribution in [0.3, 0.4) is 0 Å². The van der Waals surface area contributed by atoms with Crippen molar-refractivity contribution in [3.8, 4) is 0 Å². The molecule has 0 aliphatic rings. The first-order valence-corrected chi connectivity index (χ1v) is 5.70. The van der Waals surface area contributed by atoms with E-state index in [9.17, 15) is 0 Å². The third-order valence-corrected chi connectivity index (χ3v) is 2.56. The van der Waals surface area contributed by atoms with Gasteiger partial charge in [0.1, 0.15) is 0 Å². The molecule has 0 bridgehead atoms. The highest BCUT2D eigenvalue weighted by molar-refractivity contribution is 4.63. The second-order valence-corrected chi connectivity index (χ2v) is 4.81. The van der Waals surface area contributed by atoms with E-state index in [-0.39, 0.29) is 0 Å². The van der Waals surface area contributed by atoms with Gasteiger partial charge >= 0.3 is 0 Å². The summed E-state index contributed by atoms with van der Waals surface area (Å²) in [6.45, 7) is 9.40. The standard InChI is InChI=1S/C12H26O/c1-5-6-12(9-13)8-11(4)7-10(2)3/h10-13H,5-9H2,1-4H3. The van der Waals surface area contributed by atoms with Gasteiger partial charge in [-0.05, 0) is 37.0 Å². The van der Waals surface area contributed by atoms with E-state index < -0.39 is 0 Å². The van der Waals surface area contributed by atoms with Crippen LogP contribution in [0, 0.1) is 17.8 Å². The van der Waals surface area contributed by atoms with Gasteiger partial charge in [-0.1, -0.05) is 34.1 Å². The molecule has 0 aromatic heterocycles. The monoisotopic (exact) mass is 186 g/mol. The first kappa shape index (κ1) is 13.0. The lowest BCUT2D eigenvalue weighted by Crippen LogP contribution is -2.12. The summed E-state index contributed by atoms with van der Waals surface area (Å²) in [6.07, 6.45) is 4.86. The molecule has 0 aromatic rings. The normalized spacial score (nSPS) is 16.2. The van der Waals surface area contributed by atoms with Crippen LogP contribution in [0.5, 0.6) is 0 Å². The number of rotatable bonds is 7. The molecule has 0 heterocycles. The van der Waals surface area contributed by atoms with Crippen molar-refractivity contribution >= 4 is 0 Å². The molecule has 1 heteroatoms. The first-order valence-electron chi connectivity index (χ1n) is 5.70. The van der Waals surface area contributed by atoms with Crippen molar-refractivity contribution in [2.24, 2.45) is 17.8 Å². The van der Waals surface area contributed by atoms with Crippen molar-refractivity contribution in [2.75, 3.05) is 6.61 Å². The fraction of sp³-hybridized carbons (Fsp3) is 1.00. The molecule has 0 rings (SSSR count). The van der Waals surface area contributed by atoms with Gasteiger partial charge in [0.15, 0.2) is 0 Å². The van der Waals surface area contributed by atoms with Gasteiger partial charge in [-0.2, -0.15) is 0 Å². The van der Waals surface area contributed by atoms with Crippen molar-refractivity contribution in [1.29, 1.82) is 0 Å². The van der Waals surface area contributed by atoms with Crippen LogP contribution in [0.25, 0.3) is 0 Å². The summed E-state index contributed by atoms with van der Waals surface area (Å²) in [7, 11) is 0. The van der Waals surface area contributed by atoms with Crippen LogP contribution < -0.4 is 0 Å². The highest BCUT2D eigenvalue weighted by atomic mass is 16.3. The van der Waals surface area contributed by atoms with Crippen LogP contribution >= 0.6 is 0 Å². The lowest BCUT2D eigenvalue weighted by atomic mass is 9.88. The van der Waals surface area contributed by atoms with Crippen LogP contribution in [0.1, 0.15) is 53.4 Å². The molecule has 2 atom stereocenters. The molecule has 13 heavy (non-hydrogen) atoms. The van der Waals surface area contributed by atoms with E-state index >= 15 is 0 Å². The summed E-state index contributed by atoms with van der Waals surface area (Å²) in [4.78, 5) is 0. The van der Waals surface area contributed by atoms with Gasteiger partial charge in [0.2, 0.25) is 0 Å². The molecule has 0 saturated heterocycles. The third kappa shape index (κ3) is 7.06. The lowest BCUT2D eigenvalue weighted by molar-refractivity contribution is 0.188. The van der Waals surface area contributed by atoms with E-state index in [0.29, 0.717) is 12.5 Å². The van der Waals surface area contributed by atoms with Crippen LogP contribution in [0.15, 0.2) is 0 Å². The van der Waals surface area contributed by atoms with E-state index in [1.165, 1.54) is 25.7 Å². The fourth-order valence-corrected chi connectivity index (χ4v) is 2.16. The minimum Gasteiger partial charge on any atom is -0.396 e. The zero-order valence-corrected chi connectivity index (χ0v) is 9.71. The Morgan fingerprint density at radius 3 is 2.08 bits per heavy atom. The molecule has 0 fully saturated rings. The van der Waals surface area contributed by atoms with E-state index in [1.807, 2.05) is 0 Å². The maximum absolute atomic E-state index is 9.14. The van der Waals surface area contributed by atoms with Crippen molar-refractivity contribution in [3.63, 3.8) is 0 Å². The first-order chi connectivity index (χ1) is 6.10. The number of hydrogen-bond acceptors (Lipinski definition) is 1. The van der Waals surface area contributed by atoms with E-state index in [4.69, 9.17) is 5.11 Å². The Morgan fingerprint density at radius 1 is 1.08 bits per heavy atom. The third-order valence-electron chi connectivity index (χ3n) is 2.56. The molecule has 2 unspecified atom stereocenters. The van der Waals surface area contributed by atoms with Crippen molar-refractivity contribution in [1.82, 2.24) is 0 Å². The molecule has 0 spiro atoms. The topological polar surface area (TPSA) is 20.2 Å². The van der Waals surface area contributed by atoms with Gasteiger partial charge < -0.3 is 5.11 Å². The zero-order valence-electron chi connectivity index (χ0n) is 9.71. The molecule has 0 saturated carbocycles. The number of hydrogen-bond donors (Lipinski definition) is 1. The van der Waals surface area contributed by atoms with Crippen LogP contribution in [-0.2, 0) is 0 Å². The largest absolute Gasteiger partial charge is 0.396 e. The molecule has 0 radical (unpaired) electrons. The molecular formula is C12H26O. The Balaban J connectivity index is 3.65. The molecular weight excluding hydrogens is 160 g/mol. The quantitative estimate of drug-likeness (QED) is 0.645. The van der Waals surface area contributed by atoms with Gasteiger partial charge in [-0.3, -0.25) is 0 Å². The predicted molar refractivity (Wildman–Crippen MR) is 58.7 cm³/mol. The van der Waals surface area contributed by atoms with Crippen molar-refractivity contribution in [3.05, 3.63) is 0 Å². The molecule has 80 valence electrons. The van der Waals surface area contributed by atoms with E-state index in [1.54, 1.807) is 0 Å². The van der Waals surface area contributed by atoms with Gasteiger partial charge in [0.05, 0.1) is 0 Å². The molecule has 0 aliphatic heterocycles. The van der Waals surface area contributed by atoms with Crippen LogP contribution in [-0.4, -0.2) is 11.7 Å². The Kier molecular flexibility index (Phi) is 7.35. The van der Waals surface area contributed by atoms with E-state index in [2.05, 4.69) is 27.7 Å². The summed E-state index contributed by atoms with van der Waals surface area (Å²) < 4.78 is 0. The summed E-state index contributed by atoms with van der Waals surface area (Å²) in [6, 6.07) is 0. The Bertz CT molecular complexity index is 110. The van der Waals surface area contributed by atoms with Crippen molar-refractivity contribution in [2.45, 2.75) is 53.4 Å². The summed E-state index contributed by atoms with van der Waals surface area (Å²) in [5, 5.41) is 9.14. The summed E-state index contributed by atoms with van der Waals surface area (Å²) in [5.41, 5.74) is 0. The average Bonchev–Trinajstić information content (AvgIpc) is 2.02. The molecule has 1 N–H and O–H groups in total. The summed E-state index contributed by atoms with van der Waals surface area (Å²) in [5.74, 6) is 2.10. The minimum atomic E-state index is 0.371. The second-order valence-electron chi connectivity index (χ2n) is 4.81. The second kappa shape index (κ2) is 7.37. The van der Waals surface area contributed by atoms with Gasteiger partial charge in [0.25, 0.3) is 0 Å². The van der Waals surface area contributed by atoms with Crippen molar-refractivity contribution < 1.29 is 5.11 Å². The van der Waals surface area contributed by atoms with E-state index in [0.717, 1.165) is 11.8 Å². The smallest absolute Gasteiger partial charge is 0.0459 e. The Hall–Kier alpha value is -0.0400. The number of aliphatic hydroxyl groups excluding tert-OH is 1. The molecule has 0 aliphatic carbocycles. The lowest BCUT2D eigenvalue weighted by Gasteiger charge is -2.19. The molecule has 1 nitrogen and oxygen atoms in total. The maximum atomic E-state index is 9.14. The highest BCUT2D eigenvalue weighted by Gasteiger charge is 2.12. The molecule has 0 aromatic carbocycles. The molecule has 0 amide bonds. The number of aliphatic hydroxyl groups is 1. The Labute approximate surface area is 83.5 Å². The van der Waals surface area contributed by atoms with Gasteiger partial charge in [-0.15, -0.1) is 0 Å². The predicted octanol–water partition coefficient (Wildman–Crippen LogP) is 3.47. The van der Waals surface area contributed by atoms with Gasteiger partial charge in [-0.25, -0.2) is 0 Å². The SMILES string of the molecule is CCCC(CO)CC(C)CC(C)C. The highest BCUT2D eigenvalue weighted by Crippen LogP contribution is 2.22. The van der Waals surface area contributed by atoms with Gasteiger partial charge in [0, 0.05) is 6.61 Å². The summed E-state index contributed by atoms with van der Waals surface area (Å²) >= 11 is 0. The fourth-order valence-electron chi connectivity index (χ4n) is 2.16. The average molecular weight is 186 g/mol. The van der Waals surface area contributed by atoms with Crippen LogP contribution in [0.2, 0.25) is 0 Å². The zero-order chi connectivity index (χ0) is 10.3. The maximum Gasteiger partial charge on any atom is 0.0459 e. The minimum absolute atomic E-state index is 0.371. The van der Waals surface area contributed by atoms with Crippen LogP contribution in [0.4, 0.5) is 0 Å². The Morgan fingerprint density at radius 2 is 1.69 bits per heavy atom.